The molecule has 2 aromatic rings. The summed E-state index contributed by atoms with van der Waals surface area (Å²) < 4.78 is 0.979. The van der Waals surface area contributed by atoms with E-state index in [2.05, 4.69) is 31.8 Å². The highest BCUT2D eigenvalue weighted by Crippen LogP contribution is 2.17. The Morgan fingerprint density at radius 2 is 1.60 bits per heavy atom. The Balaban J connectivity index is 1.94. The molecule has 0 bridgehead atoms. The lowest BCUT2D eigenvalue weighted by atomic mass is 9.95. The Kier molecular flexibility index (Phi) is 6.09. The van der Waals surface area contributed by atoms with Crippen LogP contribution in [0.15, 0.2) is 58.1 Å². The molecule has 2 amide bonds. The van der Waals surface area contributed by atoms with Crippen molar-refractivity contribution in [1.29, 1.82) is 0 Å². The molecule has 0 saturated carbocycles. The van der Waals surface area contributed by atoms with Gasteiger partial charge < -0.3 is 5.32 Å². The van der Waals surface area contributed by atoms with Crippen molar-refractivity contribution in [3.05, 3.63) is 64.1 Å². The van der Waals surface area contributed by atoms with Gasteiger partial charge in [0.2, 0.25) is 5.91 Å². The van der Waals surface area contributed by atoms with Crippen molar-refractivity contribution >= 4 is 39.6 Å². The van der Waals surface area contributed by atoms with Crippen molar-refractivity contribution < 1.29 is 9.59 Å². The van der Waals surface area contributed by atoms with E-state index in [-0.39, 0.29) is 11.8 Å². The number of carbonyl (C=O) groups excluding carboxylic acids is 2. The first kappa shape index (κ1) is 18.9. The molecule has 0 spiro atoms. The molecule has 0 radical (unpaired) electrons. The molecule has 0 heterocycles. The van der Waals surface area contributed by atoms with E-state index < -0.39 is 5.41 Å². The van der Waals surface area contributed by atoms with Gasteiger partial charge in [0.25, 0.3) is 5.91 Å². The minimum atomic E-state index is -0.474. The number of halogens is 1. The molecule has 0 aliphatic carbocycles. The van der Waals surface area contributed by atoms with Gasteiger partial charge in [-0.1, -0.05) is 48.8 Å². The van der Waals surface area contributed by atoms with Gasteiger partial charge in [-0.15, -0.1) is 0 Å². The number of hydrogen-bond acceptors (Lipinski definition) is 3. The van der Waals surface area contributed by atoms with Crippen LogP contribution in [0.25, 0.3) is 0 Å². The standard InChI is InChI=1S/C19H20BrN3O2/c1-19(2,3)18(25)22-16-10-6-14(7-11-16)17(24)23-21-12-13-4-8-15(20)9-5-13/h4-12H,1-3H3,(H,22,25)(H,23,24)/b21-12-. The van der Waals surface area contributed by atoms with Gasteiger partial charge in [0.15, 0.2) is 0 Å². The number of nitrogens with zero attached hydrogens (tertiary/aromatic N) is 1. The summed E-state index contributed by atoms with van der Waals surface area (Å²) in [4.78, 5) is 24.0. The Labute approximate surface area is 155 Å². The maximum atomic E-state index is 12.1. The molecule has 2 aromatic carbocycles. The van der Waals surface area contributed by atoms with E-state index in [0.29, 0.717) is 11.3 Å². The van der Waals surface area contributed by atoms with Crippen molar-refractivity contribution in [1.82, 2.24) is 5.43 Å². The minimum absolute atomic E-state index is 0.0798. The van der Waals surface area contributed by atoms with E-state index in [1.165, 1.54) is 0 Å². The zero-order valence-electron chi connectivity index (χ0n) is 14.3. The number of anilines is 1. The van der Waals surface area contributed by atoms with Gasteiger partial charge in [-0.25, -0.2) is 5.43 Å². The number of nitrogens with one attached hydrogen (secondary N) is 2. The normalized spacial score (nSPS) is 11.4. The number of carbonyl (C=O) groups is 2. The molecular weight excluding hydrogens is 382 g/mol. The van der Waals surface area contributed by atoms with Crippen LogP contribution in [-0.2, 0) is 4.79 Å². The fourth-order valence-corrected chi connectivity index (χ4v) is 2.07. The highest BCUT2D eigenvalue weighted by molar-refractivity contribution is 9.10. The molecule has 0 fully saturated rings. The molecule has 6 heteroatoms. The van der Waals surface area contributed by atoms with Crippen molar-refractivity contribution in [2.45, 2.75) is 20.8 Å². The smallest absolute Gasteiger partial charge is 0.271 e. The molecule has 0 saturated heterocycles. The summed E-state index contributed by atoms with van der Waals surface area (Å²) in [6.07, 6.45) is 1.57. The molecule has 2 rings (SSSR count). The Hall–Kier alpha value is -2.47. The number of benzene rings is 2. The SMILES string of the molecule is CC(C)(C)C(=O)Nc1ccc(C(=O)N/N=C\c2ccc(Br)cc2)cc1. The molecule has 2 N–H and O–H groups in total. The highest BCUT2D eigenvalue weighted by Gasteiger charge is 2.21. The second-order valence-corrected chi connectivity index (χ2v) is 7.45. The lowest BCUT2D eigenvalue weighted by Gasteiger charge is -2.17. The zero-order chi connectivity index (χ0) is 18.4. The maximum absolute atomic E-state index is 12.1. The van der Waals surface area contributed by atoms with Gasteiger partial charge in [0.05, 0.1) is 6.21 Å². The van der Waals surface area contributed by atoms with Gasteiger partial charge in [-0.2, -0.15) is 5.10 Å². The summed E-state index contributed by atoms with van der Waals surface area (Å²) in [7, 11) is 0. The average Bonchev–Trinajstić information content (AvgIpc) is 2.56. The van der Waals surface area contributed by atoms with Crippen LogP contribution in [0.2, 0.25) is 0 Å². The largest absolute Gasteiger partial charge is 0.326 e. The van der Waals surface area contributed by atoms with E-state index in [9.17, 15) is 9.59 Å². The predicted molar refractivity (Wildman–Crippen MR) is 104 cm³/mol. The van der Waals surface area contributed by atoms with Crippen molar-refractivity contribution in [2.75, 3.05) is 5.32 Å². The second kappa shape index (κ2) is 8.07. The first-order valence-electron chi connectivity index (χ1n) is 7.76. The molecular formula is C19H20BrN3O2. The highest BCUT2D eigenvalue weighted by atomic mass is 79.9. The van der Waals surface area contributed by atoms with Gasteiger partial charge in [-0.3, -0.25) is 9.59 Å². The summed E-state index contributed by atoms with van der Waals surface area (Å²) in [5.74, 6) is -0.397. The van der Waals surface area contributed by atoms with E-state index >= 15 is 0 Å². The molecule has 0 aliphatic rings. The summed E-state index contributed by atoms with van der Waals surface area (Å²) in [5.41, 5.74) is 3.99. The monoisotopic (exact) mass is 401 g/mol. The Bertz CT molecular complexity index is 776. The van der Waals surface area contributed by atoms with E-state index in [4.69, 9.17) is 0 Å². The number of rotatable bonds is 4. The predicted octanol–water partition coefficient (Wildman–Crippen LogP) is 4.20. The van der Waals surface area contributed by atoms with Crippen LogP contribution in [0.5, 0.6) is 0 Å². The molecule has 130 valence electrons. The van der Waals surface area contributed by atoms with E-state index in [1.54, 1.807) is 30.5 Å². The van der Waals surface area contributed by atoms with E-state index in [0.717, 1.165) is 10.0 Å². The molecule has 0 aromatic heterocycles. The van der Waals surface area contributed by atoms with Crippen molar-refractivity contribution in [3.63, 3.8) is 0 Å². The zero-order valence-corrected chi connectivity index (χ0v) is 15.9. The van der Waals surface area contributed by atoms with Crippen LogP contribution >= 0.6 is 15.9 Å². The number of amides is 2. The summed E-state index contributed by atoms with van der Waals surface area (Å²) >= 11 is 3.36. The third-order valence-electron chi connectivity index (χ3n) is 3.34. The fourth-order valence-electron chi connectivity index (χ4n) is 1.80. The number of hydrazone groups is 1. The maximum Gasteiger partial charge on any atom is 0.271 e. The lowest BCUT2D eigenvalue weighted by Crippen LogP contribution is -2.27. The molecule has 25 heavy (non-hydrogen) atoms. The average molecular weight is 402 g/mol. The van der Waals surface area contributed by atoms with Crippen molar-refractivity contribution in [2.24, 2.45) is 10.5 Å². The second-order valence-electron chi connectivity index (χ2n) is 6.53. The van der Waals surface area contributed by atoms with Crippen LogP contribution in [0.3, 0.4) is 0 Å². The third-order valence-corrected chi connectivity index (χ3v) is 3.86. The minimum Gasteiger partial charge on any atom is -0.326 e. The topological polar surface area (TPSA) is 70.6 Å². The van der Waals surface area contributed by atoms with Crippen LogP contribution in [0, 0.1) is 5.41 Å². The first-order chi connectivity index (χ1) is 11.8. The fraction of sp³-hybridized carbons (Fsp3) is 0.211. The van der Waals surface area contributed by atoms with Gasteiger partial charge >= 0.3 is 0 Å². The summed E-state index contributed by atoms with van der Waals surface area (Å²) in [5, 5.41) is 6.75. The summed E-state index contributed by atoms with van der Waals surface area (Å²) in [6, 6.07) is 14.2. The molecule has 0 atom stereocenters. The summed E-state index contributed by atoms with van der Waals surface area (Å²) in [6.45, 7) is 5.52. The molecule has 0 aliphatic heterocycles. The van der Waals surface area contributed by atoms with Gasteiger partial charge in [-0.05, 0) is 42.0 Å². The van der Waals surface area contributed by atoms with Crippen LogP contribution < -0.4 is 10.7 Å². The molecule has 5 nitrogen and oxygen atoms in total. The van der Waals surface area contributed by atoms with Gasteiger partial charge in [0, 0.05) is 21.1 Å². The quantitative estimate of drug-likeness (QED) is 0.595. The lowest BCUT2D eigenvalue weighted by molar-refractivity contribution is -0.123. The van der Waals surface area contributed by atoms with Crippen LogP contribution in [-0.4, -0.2) is 18.0 Å². The van der Waals surface area contributed by atoms with Crippen molar-refractivity contribution in [3.8, 4) is 0 Å². The Morgan fingerprint density at radius 1 is 1.00 bits per heavy atom. The van der Waals surface area contributed by atoms with E-state index in [1.807, 2.05) is 45.0 Å². The molecule has 0 unspecified atom stereocenters. The Morgan fingerprint density at radius 3 is 2.16 bits per heavy atom. The first-order valence-corrected chi connectivity index (χ1v) is 8.55. The van der Waals surface area contributed by atoms with Crippen LogP contribution in [0.1, 0.15) is 36.7 Å². The van der Waals surface area contributed by atoms with Gasteiger partial charge in [0.1, 0.15) is 0 Å². The van der Waals surface area contributed by atoms with Crippen LogP contribution in [0.4, 0.5) is 5.69 Å². The number of hydrogen-bond donors (Lipinski definition) is 2. The third kappa shape index (κ3) is 5.83.